The third kappa shape index (κ3) is 2.44. The van der Waals surface area contributed by atoms with Crippen LogP contribution in [0.4, 0.5) is 0 Å². The average molecular weight is 292 g/mol. The second kappa shape index (κ2) is 5.80. The van der Waals surface area contributed by atoms with Crippen LogP contribution in [0.3, 0.4) is 0 Å². The Kier molecular flexibility index (Phi) is 3.99. The van der Waals surface area contributed by atoms with Crippen molar-refractivity contribution in [2.24, 2.45) is 22.7 Å². The largest absolute Gasteiger partial charge is 0.316 e. The van der Waals surface area contributed by atoms with Gasteiger partial charge in [-0.3, -0.25) is 0 Å². The molecule has 0 aliphatic carbocycles. The number of hydrogen-bond donors (Lipinski definition) is 4. The summed E-state index contributed by atoms with van der Waals surface area (Å²) in [5, 5.41) is 14.8. The molecule has 4 rings (SSSR count). The van der Waals surface area contributed by atoms with Gasteiger partial charge in [0.05, 0.1) is 0 Å². The second-order valence-electron chi connectivity index (χ2n) is 8.06. The molecule has 4 saturated heterocycles. The molecule has 4 fully saturated rings. The molecule has 4 aliphatic rings. The summed E-state index contributed by atoms with van der Waals surface area (Å²) in [7, 11) is 0. The van der Waals surface area contributed by atoms with E-state index >= 15 is 0 Å². The molecular weight excluding hydrogens is 260 g/mol. The lowest BCUT2D eigenvalue weighted by Crippen LogP contribution is -2.60. The van der Waals surface area contributed by atoms with Gasteiger partial charge in [0, 0.05) is 19.6 Å². The predicted octanol–water partition coefficient (Wildman–Crippen LogP) is 0.555. The summed E-state index contributed by atoms with van der Waals surface area (Å²) < 4.78 is 0. The summed E-state index contributed by atoms with van der Waals surface area (Å²) in [6.07, 6.45) is 6.99. The molecule has 0 amide bonds. The Hall–Kier alpha value is -0.160. The first-order chi connectivity index (χ1) is 10.3. The number of hydrogen-bond acceptors (Lipinski definition) is 4. The fourth-order valence-corrected chi connectivity index (χ4v) is 5.98. The molecule has 0 aromatic carbocycles. The Bertz CT molecular complexity index is 350. The summed E-state index contributed by atoms with van der Waals surface area (Å²) in [6.45, 7) is 9.93. The van der Waals surface area contributed by atoms with Crippen LogP contribution in [0.25, 0.3) is 0 Å². The van der Waals surface area contributed by atoms with Gasteiger partial charge in [0.15, 0.2) is 0 Å². The standard InChI is InChI=1S/C17H32N4/c1-3-16(11-19-6-1)4-8-18-10-15(16)14-2-7-20-12-17(14)5-9-21-13-17/h14-15,18-21H,1-13H2. The normalized spacial score (nSPS) is 48.0. The lowest BCUT2D eigenvalue weighted by atomic mass is 9.54. The highest BCUT2D eigenvalue weighted by Crippen LogP contribution is 2.51. The van der Waals surface area contributed by atoms with Crippen LogP contribution < -0.4 is 21.3 Å². The fraction of sp³-hybridized carbons (Fsp3) is 1.00. The van der Waals surface area contributed by atoms with Crippen LogP contribution in [0.15, 0.2) is 0 Å². The Morgan fingerprint density at radius 1 is 0.619 bits per heavy atom. The van der Waals surface area contributed by atoms with Gasteiger partial charge in [0.25, 0.3) is 0 Å². The zero-order valence-corrected chi connectivity index (χ0v) is 13.3. The maximum absolute atomic E-state index is 3.74. The lowest BCUT2D eigenvalue weighted by molar-refractivity contribution is -0.0309. The van der Waals surface area contributed by atoms with E-state index in [1.807, 2.05) is 0 Å². The highest BCUT2D eigenvalue weighted by Gasteiger charge is 2.53. The number of nitrogens with one attached hydrogen (secondary N) is 4. The van der Waals surface area contributed by atoms with E-state index in [-0.39, 0.29) is 0 Å². The van der Waals surface area contributed by atoms with E-state index in [9.17, 15) is 0 Å². The van der Waals surface area contributed by atoms with Gasteiger partial charge < -0.3 is 21.3 Å². The minimum Gasteiger partial charge on any atom is -0.316 e. The van der Waals surface area contributed by atoms with Crippen molar-refractivity contribution in [3.05, 3.63) is 0 Å². The van der Waals surface area contributed by atoms with Gasteiger partial charge >= 0.3 is 0 Å². The molecule has 0 radical (unpaired) electrons. The van der Waals surface area contributed by atoms with Gasteiger partial charge in [0.2, 0.25) is 0 Å². The van der Waals surface area contributed by atoms with Crippen LogP contribution in [-0.2, 0) is 0 Å². The minimum absolute atomic E-state index is 0.534. The molecule has 0 saturated carbocycles. The van der Waals surface area contributed by atoms with Crippen molar-refractivity contribution in [2.45, 2.75) is 32.1 Å². The molecule has 2 spiro atoms. The number of rotatable bonds is 1. The zero-order chi connectivity index (χ0) is 14.2. The topological polar surface area (TPSA) is 48.1 Å². The van der Waals surface area contributed by atoms with Crippen molar-refractivity contribution in [1.29, 1.82) is 0 Å². The van der Waals surface area contributed by atoms with Crippen molar-refractivity contribution in [3.8, 4) is 0 Å². The first-order valence-corrected chi connectivity index (χ1v) is 9.18. The summed E-state index contributed by atoms with van der Waals surface area (Å²) in [4.78, 5) is 0. The van der Waals surface area contributed by atoms with E-state index in [1.54, 1.807) is 0 Å². The van der Waals surface area contributed by atoms with Gasteiger partial charge in [-0.25, -0.2) is 0 Å². The maximum atomic E-state index is 3.74. The summed E-state index contributed by atoms with van der Waals surface area (Å²) in [5.41, 5.74) is 1.12. The molecule has 4 atom stereocenters. The van der Waals surface area contributed by atoms with Crippen LogP contribution in [0.2, 0.25) is 0 Å². The van der Waals surface area contributed by atoms with E-state index in [1.165, 1.54) is 84.5 Å². The third-order valence-electron chi connectivity index (χ3n) is 7.11. The van der Waals surface area contributed by atoms with Crippen molar-refractivity contribution in [2.75, 3.05) is 52.4 Å². The van der Waals surface area contributed by atoms with Crippen molar-refractivity contribution < 1.29 is 0 Å². The smallest absolute Gasteiger partial charge is 0.00233 e. The van der Waals surface area contributed by atoms with Crippen LogP contribution in [0.1, 0.15) is 32.1 Å². The molecular formula is C17H32N4. The van der Waals surface area contributed by atoms with Crippen molar-refractivity contribution in [1.82, 2.24) is 21.3 Å². The van der Waals surface area contributed by atoms with Gasteiger partial charge in [-0.2, -0.15) is 0 Å². The van der Waals surface area contributed by atoms with Crippen molar-refractivity contribution in [3.63, 3.8) is 0 Å². The first kappa shape index (κ1) is 14.4. The molecule has 0 aromatic heterocycles. The van der Waals surface area contributed by atoms with Gasteiger partial charge in [0.1, 0.15) is 0 Å². The Balaban J connectivity index is 1.61. The Morgan fingerprint density at radius 2 is 1.33 bits per heavy atom. The summed E-state index contributed by atoms with van der Waals surface area (Å²) in [6, 6.07) is 0. The molecule has 120 valence electrons. The third-order valence-corrected chi connectivity index (χ3v) is 7.11. The molecule has 4 N–H and O–H groups in total. The van der Waals surface area contributed by atoms with Crippen LogP contribution in [0, 0.1) is 22.7 Å². The van der Waals surface area contributed by atoms with E-state index in [0.717, 1.165) is 11.8 Å². The molecule has 0 aromatic rings. The molecule has 4 nitrogen and oxygen atoms in total. The Labute approximate surface area is 129 Å². The van der Waals surface area contributed by atoms with E-state index < -0.39 is 0 Å². The molecule has 4 unspecified atom stereocenters. The predicted molar refractivity (Wildman–Crippen MR) is 86.4 cm³/mol. The number of piperidine rings is 3. The molecule has 4 heterocycles. The highest BCUT2D eigenvalue weighted by atomic mass is 15.0. The SMILES string of the molecule is C1CNCC2(C1)CCNCC2C1CCNCC12CCNC2. The van der Waals surface area contributed by atoms with E-state index in [2.05, 4.69) is 21.3 Å². The molecule has 0 bridgehead atoms. The maximum Gasteiger partial charge on any atom is 0.00233 e. The lowest BCUT2D eigenvalue weighted by Gasteiger charge is -2.55. The first-order valence-electron chi connectivity index (χ1n) is 9.18. The molecule has 4 heteroatoms. The average Bonchev–Trinajstić information content (AvgIpc) is 2.99. The minimum atomic E-state index is 0.534. The Morgan fingerprint density at radius 3 is 2.14 bits per heavy atom. The van der Waals surface area contributed by atoms with Crippen LogP contribution >= 0.6 is 0 Å². The van der Waals surface area contributed by atoms with Gasteiger partial charge in [-0.15, -0.1) is 0 Å². The van der Waals surface area contributed by atoms with E-state index in [4.69, 9.17) is 0 Å². The fourth-order valence-electron chi connectivity index (χ4n) is 5.98. The highest BCUT2D eigenvalue weighted by molar-refractivity contribution is 5.06. The summed E-state index contributed by atoms with van der Waals surface area (Å²) >= 11 is 0. The van der Waals surface area contributed by atoms with Crippen molar-refractivity contribution >= 4 is 0 Å². The van der Waals surface area contributed by atoms with Crippen LogP contribution in [0.5, 0.6) is 0 Å². The van der Waals surface area contributed by atoms with Gasteiger partial charge in [-0.1, -0.05) is 0 Å². The van der Waals surface area contributed by atoms with Crippen LogP contribution in [-0.4, -0.2) is 52.4 Å². The quantitative estimate of drug-likeness (QED) is 0.570. The second-order valence-corrected chi connectivity index (χ2v) is 8.06. The van der Waals surface area contributed by atoms with E-state index in [0.29, 0.717) is 10.8 Å². The van der Waals surface area contributed by atoms with Gasteiger partial charge in [-0.05, 0) is 87.5 Å². The molecule has 21 heavy (non-hydrogen) atoms. The molecule has 4 aliphatic heterocycles. The monoisotopic (exact) mass is 292 g/mol. The summed E-state index contributed by atoms with van der Waals surface area (Å²) in [5.74, 6) is 1.78. The zero-order valence-electron chi connectivity index (χ0n) is 13.3.